The third-order valence-electron chi connectivity index (χ3n) is 1.92. The molecule has 0 heterocycles. The Morgan fingerprint density at radius 2 is 1.67 bits per heavy atom. The highest BCUT2D eigenvalue weighted by molar-refractivity contribution is 4.64. The Hall–Kier alpha value is -0.200. The van der Waals surface area contributed by atoms with Crippen LogP contribution in [0.25, 0.3) is 0 Å². The molecule has 1 atom stereocenters. The van der Waals surface area contributed by atoms with E-state index in [1.807, 2.05) is 13.8 Å². The molecule has 0 radical (unpaired) electrons. The van der Waals surface area contributed by atoms with Crippen LogP contribution in [0.3, 0.4) is 0 Å². The number of nitrogens with zero attached hydrogens (tertiary/aromatic N) is 1. The second-order valence-electron chi connectivity index (χ2n) is 3.78. The van der Waals surface area contributed by atoms with Gasteiger partial charge in [0.2, 0.25) is 0 Å². The van der Waals surface area contributed by atoms with E-state index in [9.17, 15) is 5.11 Å². The smallest absolute Gasteiger partial charge is 0.0900 e. The minimum absolute atomic E-state index is 0.0256. The fourth-order valence-electron chi connectivity index (χ4n) is 1.23. The molecule has 0 rings (SSSR count). The zero-order valence-electron chi connectivity index (χ0n) is 9.59. The fourth-order valence-corrected chi connectivity index (χ4v) is 1.23. The Kier molecular flexibility index (Phi) is 8.94. The van der Waals surface area contributed by atoms with Crippen molar-refractivity contribution >= 4 is 0 Å². The van der Waals surface area contributed by atoms with Crippen LogP contribution in [-0.4, -0.2) is 71.9 Å². The first-order chi connectivity index (χ1) is 7.10. The summed E-state index contributed by atoms with van der Waals surface area (Å²) in [7, 11) is 0. The van der Waals surface area contributed by atoms with Crippen molar-refractivity contribution in [2.24, 2.45) is 0 Å². The maximum atomic E-state index is 9.59. The lowest BCUT2D eigenvalue weighted by atomic mass is 10.3. The maximum Gasteiger partial charge on any atom is 0.0900 e. The topological polar surface area (TPSA) is 73.2 Å². The quantitative estimate of drug-likeness (QED) is 0.468. The van der Waals surface area contributed by atoms with E-state index in [0.29, 0.717) is 19.6 Å². The predicted molar refractivity (Wildman–Crippen MR) is 57.7 cm³/mol. The third kappa shape index (κ3) is 8.77. The first-order valence-electron chi connectivity index (χ1n) is 5.33. The van der Waals surface area contributed by atoms with E-state index in [1.165, 1.54) is 0 Å². The second kappa shape index (κ2) is 9.06. The summed E-state index contributed by atoms with van der Waals surface area (Å²) in [6.45, 7) is 5.48. The van der Waals surface area contributed by atoms with Crippen LogP contribution in [0.2, 0.25) is 0 Å². The Bertz CT molecular complexity index is 137. The van der Waals surface area contributed by atoms with Crippen molar-refractivity contribution in [1.29, 1.82) is 0 Å². The highest BCUT2D eigenvalue weighted by Crippen LogP contribution is 1.96. The number of ether oxygens (including phenoxy) is 1. The molecule has 0 aromatic carbocycles. The van der Waals surface area contributed by atoms with Gasteiger partial charge in [-0.1, -0.05) is 0 Å². The zero-order chi connectivity index (χ0) is 11.7. The van der Waals surface area contributed by atoms with Gasteiger partial charge in [0.25, 0.3) is 0 Å². The molecule has 5 nitrogen and oxygen atoms in total. The molecule has 92 valence electrons. The van der Waals surface area contributed by atoms with Crippen molar-refractivity contribution in [3.8, 4) is 0 Å². The highest BCUT2D eigenvalue weighted by Gasteiger charge is 2.11. The summed E-state index contributed by atoms with van der Waals surface area (Å²) in [6, 6.07) is 0. The van der Waals surface area contributed by atoms with Crippen molar-refractivity contribution in [3.05, 3.63) is 0 Å². The van der Waals surface area contributed by atoms with E-state index >= 15 is 0 Å². The van der Waals surface area contributed by atoms with E-state index in [0.717, 1.165) is 0 Å². The summed E-state index contributed by atoms with van der Waals surface area (Å²) in [6.07, 6.45) is -0.478. The molecule has 0 unspecified atom stereocenters. The molecule has 0 bridgehead atoms. The molecule has 0 aliphatic heterocycles. The number of aliphatic hydroxyl groups excluding tert-OH is 3. The predicted octanol–water partition coefficient (Wildman–Crippen LogP) is -0.941. The number of rotatable bonds is 9. The monoisotopic (exact) mass is 221 g/mol. The summed E-state index contributed by atoms with van der Waals surface area (Å²) in [5.41, 5.74) is 0. The maximum absolute atomic E-state index is 9.59. The molecule has 15 heavy (non-hydrogen) atoms. The van der Waals surface area contributed by atoms with Crippen LogP contribution in [0.4, 0.5) is 0 Å². The molecule has 0 aromatic rings. The van der Waals surface area contributed by atoms with Gasteiger partial charge in [0.15, 0.2) is 0 Å². The normalized spacial score (nSPS) is 13.8. The van der Waals surface area contributed by atoms with Crippen LogP contribution in [0, 0.1) is 0 Å². The van der Waals surface area contributed by atoms with E-state index in [2.05, 4.69) is 0 Å². The summed E-state index contributed by atoms with van der Waals surface area (Å²) in [5.74, 6) is 0. The second-order valence-corrected chi connectivity index (χ2v) is 3.78. The molecule has 0 amide bonds. The van der Waals surface area contributed by atoms with Crippen LogP contribution < -0.4 is 0 Å². The number of aliphatic hydroxyl groups is 3. The lowest BCUT2D eigenvalue weighted by molar-refractivity contribution is -0.0117. The molecule has 0 aliphatic rings. The average Bonchev–Trinajstić information content (AvgIpc) is 2.15. The third-order valence-corrected chi connectivity index (χ3v) is 1.92. The van der Waals surface area contributed by atoms with Gasteiger partial charge < -0.3 is 20.1 Å². The molecular formula is C10H23NO4. The fraction of sp³-hybridized carbons (Fsp3) is 1.00. The van der Waals surface area contributed by atoms with Crippen molar-refractivity contribution < 1.29 is 20.1 Å². The van der Waals surface area contributed by atoms with Gasteiger partial charge >= 0.3 is 0 Å². The van der Waals surface area contributed by atoms with Crippen LogP contribution in [0.15, 0.2) is 0 Å². The van der Waals surface area contributed by atoms with Gasteiger partial charge in [0.1, 0.15) is 0 Å². The van der Waals surface area contributed by atoms with Crippen molar-refractivity contribution in [3.63, 3.8) is 0 Å². The highest BCUT2D eigenvalue weighted by atomic mass is 16.5. The van der Waals surface area contributed by atoms with Crippen LogP contribution in [0.1, 0.15) is 13.8 Å². The number of hydrogen-bond donors (Lipinski definition) is 3. The molecule has 0 fully saturated rings. The average molecular weight is 221 g/mol. The summed E-state index contributed by atoms with van der Waals surface area (Å²) >= 11 is 0. The Balaban J connectivity index is 3.72. The van der Waals surface area contributed by atoms with E-state index in [1.54, 1.807) is 4.90 Å². The first-order valence-corrected chi connectivity index (χ1v) is 5.33. The van der Waals surface area contributed by atoms with Gasteiger partial charge in [0, 0.05) is 19.6 Å². The van der Waals surface area contributed by atoms with Crippen LogP contribution in [-0.2, 0) is 4.74 Å². The largest absolute Gasteiger partial charge is 0.395 e. The Labute approximate surface area is 91.3 Å². The molecule has 0 saturated carbocycles. The van der Waals surface area contributed by atoms with Gasteiger partial charge in [-0.2, -0.15) is 0 Å². The van der Waals surface area contributed by atoms with Gasteiger partial charge in [-0.05, 0) is 13.8 Å². The van der Waals surface area contributed by atoms with Gasteiger partial charge in [-0.15, -0.1) is 0 Å². The van der Waals surface area contributed by atoms with Gasteiger partial charge in [-0.3, -0.25) is 4.90 Å². The molecule has 0 aliphatic carbocycles. The first kappa shape index (κ1) is 14.8. The summed E-state index contributed by atoms with van der Waals surface area (Å²) in [5, 5.41) is 27.1. The lowest BCUT2D eigenvalue weighted by Gasteiger charge is -2.23. The Morgan fingerprint density at radius 1 is 1.13 bits per heavy atom. The molecule has 0 aromatic heterocycles. The minimum atomic E-state index is -0.578. The molecule has 3 N–H and O–H groups in total. The van der Waals surface area contributed by atoms with E-state index < -0.39 is 6.10 Å². The summed E-state index contributed by atoms with van der Waals surface area (Å²) < 4.78 is 5.26. The van der Waals surface area contributed by atoms with Crippen LogP contribution >= 0.6 is 0 Å². The zero-order valence-corrected chi connectivity index (χ0v) is 9.59. The van der Waals surface area contributed by atoms with Gasteiger partial charge in [-0.25, -0.2) is 0 Å². The van der Waals surface area contributed by atoms with Crippen molar-refractivity contribution in [1.82, 2.24) is 4.90 Å². The van der Waals surface area contributed by atoms with Crippen LogP contribution in [0.5, 0.6) is 0 Å². The van der Waals surface area contributed by atoms with Gasteiger partial charge in [0.05, 0.1) is 32.0 Å². The molecular weight excluding hydrogens is 198 g/mol. The summed E-state index contributed by atoms with van der Waals surface area (Å²) in [4.78, 5) is 1.80. The molecule has 0 spiro atoms. The van der Waals surface area contributed by atoms with Crippen molar-refractivity contribution in [2.45, 2.75) is 26.1 Å². The molecule has 5 heteroatoms. The Morgan fingerprint density at radius 3 is 2.07 bits per heavy atom. The molecule has 0 saturated heterocycles. The van der Waals surface area contributed by atoms with Crippen molar-refractivity contribution in [2.75, 3.05) is 39.5 Å². The standard InChI is InChI=1S/C10H23NO4/c1-9(2)15-8-10(14)7-11(3-5-12)4-6-13/h9-10,12-14H,3-8H2,1-2H3/t10-/m0/s1. The lowest BCUT2D eigenvalue weighted by Crippen LogP contribution is -2.38. The number of hydrogen-bond acceptors (Lipinski definition) is 5. The van der Waals surface area contributed by atoms with E-state index in [4.69, 9.17) is 14.9 Å². The minimum Gasteiger partial charge on any atom is -0.395 e. The SMILES string of the molecule is CC(C)OC[C@@H](O)CN(CCO)CCO. The van der Waals surface area contributed by atoms with E-state index in [-0.39, 0.29) is 25.9 Å².